The van der Waals surface area contributed by atoms with E-state index in [1.807, 2.05) is 30.8 Å². The Morgan fingerprint density at radius 1 is 0.783 bits per heavy atom. The number of thioether (sulfide) groups is 1. The molecular weight excluding hydrogens is 335 g/mol. The highest BCUT2D eigenvalue weighted by Crippen LogP contribution is 2.19. The number of halogens is 5. The van der Waals surface area contributed by atoms with E-state index in [9.17, 15) is 0 Å². The van der Waals surface area contributed by atoms with E-state index in [1.54, 1.807) is 0 Å². The Balaban J connectivity index is -0.000000361. The van der Waals surface area contributed by atoms with Gasteiger partial charge in [-0.3, -0.25) is 23.5 Å². The van der Waals surface area contributed by atoms with Crippen LogP contribution >= 0.6 is 11.8 Å². The number of aryl methyl sites for hydroxylation is 1. The van der Waals surface area contributed by atoms with Gasteiger partial charge in [-0.05, 0) is 43.2 Å². The van der Waals surface area contributed by atoms with Gasteiger partial charge in [-0.25, -0.2) is 0 Å². The smallest absolute Gasteiger partial charge is 0.119 e. The van der Waals surface area contributed by atoms with Crippen LogP contribution in [0.4, 0.5) is 23.5 Å². The predicted octanol–water partition coefficient (Wildman–Crippen LogP) is 5.18. The lowest BCUT2D eigenvalue weighted by atomic mass is 10.2. The Kier molecular flexibility index (Phi) is 21.1. The van der Waals surface area contributed by atoms with E-state index in [4.69, 9.17) is 4.74 Å². The first-order valence-electron chi connectivity index (χ1n) is 6.28. The number of rotatable bonds is 6. The molecule has 0 N–H and O–H groups in total. The van der Waals surface area contributed by atoms with Gasteiger partial charge in [-0.2, -0.15) is 0 Å². The third kappa shape index (κ3) is 10.6. The molecule has 0 unspecified atom stereocenters. The van der Waals surface area contributed by atoms with Crippen molar-refractivity contribution >= 4 is 11.8 Å². The molecule has 0 saturated heterocycles. The molecule has 0 amide bonds. The van der Waals surface area contributed by atoms with Gasteiger partial charge in [0.25, 0.3) is 0 Å². The van der Waals surface area contributed by atoms with Gasteiger partial charge in [-0.1, -0.05) is 30.3 Å². The second kappa shape index (κ2) is 16.6. The van der Waals surface area contributed by atoms with E-state index in [0.29, 0.717) is 0 Å². The Morgan fingerprint density at radius 2 is 1.35 bits per heavy atom. The Labute approximate surface area is 137 Å². The van der Waals surface area contributed by atoms with Crippen LogP contribution < -0.4 is 4.74 Å². The quantitative estimate of drug-likeness (QED) is 0.520. The molecule has 7 heteroatoms. The molecule has 0 atom stereocenters. The zero-order valence-corrected chi connectivity index (χ0v) is 13.5. The standard InChI is InChI=1S/C16H18OS.5FH/c1-2-17-15-10-8-14(9-11-15)12-13-18-16-6-4-3-5-7-16;;;;;/h3-11H,2,12-13H2,1H3;5*1H. The predicted molar refractivity (Wildman–Crippen MR) is 91.0 cm³/mol. The van der Waals surface area contributed by atoms with Crippen molar-refractivity contribution in [3.8, 4) is 5.75 Å². The maximum absolute atomic E-state index is 5.43. The second-order valence-electron chi connectivity index (χ2n) is 3.99. The highest BCUT2D eigenvalue weighted by molar-refractivity contribution is 7.99. The summed E-state index contributed by atoms with van der Waals surface area (Å²) in [6, 6.07) is 18.9. The summed E-state index contributed by atoms with van der Waals surface area (Å²) < 4.78 is 5.43. The Hall–Kier alpha value is -1.76. The van der Waals surface area contributed by atoms with Gasteiger partial charge in [0.05, 0.1) is 6.61 Å². The van der Waals surface area contributed by atoms with Crippen molar-refractivity contribution in [3.05, 3.63) is 60.2 Å². The lowest BCUT2D eigenvalue weighted by molar-refractivity contribution is 0.340. The zero-order chi connectivity index (χ0) is 12.6. The summed E-state index contributed by atoms with van der Waals surface area (Å²) in [5, 5.41) is 0. The minimum absolute atomic E-state index is 0. The first kappa shape index (κ1) is 29.3. The van der Waals surface area contributed by atoms with Crippen LogP contribution in [0, 0.1) is 0 Å². The summed E-state index contributed by atoms with van der Waals surface area (Å²) in [6.45, 7) is 2.73. The molecule has 0 radical (unpaired) electrons. The number of hydrogen-bond acceptors (Lipinski definition) is 2. The molecule has 0 aliphatic heterocycles. The average molecular weight is 358 g/mol. The van der Waals surface area contributed by atoms with Crippen LogP contribution in [0.2, 0.25) is 0 Å². The molecule has 0 aliphatic carbocycles. The van der Waals surface area contributed by atoms with Gasteiger partial charge in [0.1, 0.15) is 5.75 Å². The minimum Gasteiger partial charge on any atom is -0.494 e. The minimum atomic E-state index is 0. The zero-order valence-electron chi connectivity index (χ0n) is 12.7. The molecule has 0 aromatic heterocycles. The summed E-state index contributed by atoms with van der Waals surface area (Å²) in [7, 11) is 0. The molecule has 2 aromatic rings. The van der Waals surface area contributed by atoms with Crippen molar-refractivity contribution in [2.45, 2.75) is 18.2 Å². The van der Waals surface area contributed by atoms with E-state index in [-0.39, 0.29) is 23.5 Å². The third-order valence-electron chi connectivity index (χ3n) is 2.64. The van der Waals surface area contributed by atoms with Gasteiger partial charge in [0.15, 0.2) is 0 Å². The summed E-state index contributed by atoms with van der Waals surface area (Å²) >= 11 is 1.90. The fraction of sp³-hybridized carbons (Fsp3) is 0.250. The van der Waals surface area contributed by atoms with E-state index >= 15 is 0 Å². The van der Waals surface area contributed by atoms with Gasteiger partial charge in [0.2, 0.25) is 0 Å². The number of ether oxygens (including phenoxy) is 1. The molecule has 0 fully saturated rings. The van der Waals surface area contributed by atoms with Crippen molar-refractivity contribution in [3.63, 3.8) is 0 Å². The highest BCUT2D eigenvalue weighted by atomic mass is 32.2. The van der Waals surface area contributed by atoms with Gasteiger partial charge < -0.3 is 4.74 Å². The van der Waals surface area contributed by atoms with Crippen molar-refractivity contribution in [1.29, 1.82) is 0 Å². The number of hydrogen-bond donors (Lipinski definition) is 0. The Bertz CT molecular complexity index is 468. The van der Waals surface area contributed by atoms with E-state index < -0.39 is 0 Å². The topological polar surface area (TPSA) is 9.23 Å². The lowest BCUT2D eigenvalue weighted by Crippen LogP contribution is -1.92. The van der Waals surface area contributed by atoms with Gasteiger partial charge in [-0.15, -0.1) is 11.8 Å². The second-order valence-corrected chi connectivity index (χ2v) is 5.16. The SMILES string of the molecule is CCOc1ccc(CCSc2ccccc2)cc1.F.F.F.F.F. The van der Waals surface area contributed by atoms with Crippen molar-refractivity contribution in [1.82, 2.24) is 0 Å². The first-order chi connectivity index (χ1) is 8.88. The van der Waals surface area contributed by atoms with E-state index in [1.165, 1.54) is 10.5 Å². The van der Waals surface area contributed by atoms with Crippen LogP contribution in [0.25, 0.3) is 0 Å². The van der Waals surface area contributed by atoms with Crippen LogP contribution in [0.3, 0.4) is 0 Å². The normalized spacial score (nSPS) is 8.04. The summed E-state index contributed by atoms with van der Waals surface area (Å²) in [4.78, 5) is 1.34. The fourth-order valence-electron chi connectivity index (χ4n) is 1.72. The van der Waals surface area contributed by atoms with Crippen LogP contribution in [0.5, 0.6) is 5.75 Å². The molecule has 0 aliphatic rings. The molecule has 0 bridgehead atoms. The molecule has 134 valence electrons. The van der Waals surface area contributed by atoms with Crippen molar-refractivity contribution in [2.75, 3.05) is 12.4 Å². The van der Waals surface area contributed by atoms with Crippen LogP contribution in [0.1, 0.15) is 12.5 Å². The summed E-state index contributed by atoms with van der Waals surface area (Å²) in [5.74, 6) is 2.06. The molecule has 2 rings (SSSR count). The highest BCUT2D eigenvalue weighted by Gasteiger charge is 1.97. The monoisotopic (exact) mass is 358 g/mol. The van der Waals surface area contributed by atoms with Gasteiger partial charge >= 0.3 is 0 Å². The van der Waals surface area contributed by atoms with E-state index in [2.05, 4.69) is 42.5 Å². The molecule has 23 heavy (non-hydrogen) atoms. The first-order valence-corrected chi connectivity index (χ1v) is 7.26. The maximum Gasteiger partial charge on any atom is 0.119 e. The molecular formula is C16H23F5OS. The van der Waals surface area contributed by atoms with Crippen LogP contribution in [-0.4, -0.2) is 12.4 Å². The molecule has 1 nitrogen and oxygen atoms in total. The van der Waals surface area contributed by atoms with Crippen LogP contribution in [0.15, 0.2) is 59.5 Å². The molecule has 0 spiro atoms. The average Bonchev–Trinajstić information content (AvgIpc) is 2.42. The van der Waals surface area contributed by atoms with Crippen molar-refractivity contribution in [2.24, 2.45) is 0 Å². The molecule has 0 heterocycles. The fourth-order valence-corrected chi connectivity index (χ4v) is 2.65. The van der Waals surface area contributed by atoms with Gasteiger partial charge in [0, 0.05) is 10.6 Å². The lowest BCUT2D eigenvalue weighted by Gasteiger charge is -2.05. The van der Waals surface area contributed by atoms with Crippen molar-refractivity contribution < 1.29 is 28.3 Å². The maximum atomic E-state index is 5.43. The summed E-state index contributed by atoms with van der Waals surface area (Å²) in [5.41, 5.74) is 1.36. The Morgan fingerprint density at radius 3 is 1.87 bits per heavy atom. The molecule has 2 aromatic carbocycles. The largest absolute Gasteiger partial charge is 0.494 e. The third-order valence-corrected chi connectivity index (χ3v) is 3.65. The van der Waals surface area contributed by atoms with E-state index in [0.717, 1.165) is 24.5 Å². The number of benzene rings is 2. The molecule has 0 saturated carbocycles. The van der Waals surface area contributed by atoms with Crippen LogP contribution in [-0.2, 0) is 6.42 Å². The summed E-state index contributed by atoms with van der Waals surface area (Å²) in [6.07, 6.45) is 1.09.